The first kappa shape index (κ1) is 9.81. The summed E-state index contributed by atoms with van der Waals surface area (Å²) in [6.07, 6.45) is 9.01. The van der Waals surface area contributed by atoms with Gasteiger partial charge >= 0.3 is 7.12 Å². The highest BCUT2D eigenvalue weighted by molar-refractivity contribution is 6.45. The minimum absolute atomic E-state index is 0.0304. The summed E-state index contributed by atoms with van der Waals surface area (Å²) < 4.78 is 10.6. The van der Waals surface area contributed by atoms with Crippen LogP contribution in [0.25, 0.3) is 0 Å². The summed E-state index contributed by atoms with van der Waals surface area (Å²) in [5.41, 5.74) is 0. The van der Waals surface area contributed by atoms with E-state index < -0.39 is 0 Å². The Morgan fingerprint density at radius 2 is 2.00 bits per heavy atom. The average molecular weight is 168 g/mol. The molecule has 0 aliphatic carbocycles. The van der Waals surface area contributed by atoms with Gasteiger partial charge < -0.3 is 9.31 Å². The van der Waals surface area contributed by atoms with Gasteiger partial charge in [0.25, 0.3) is 0 Å². The maximum absolute atomic E-state index is 5.29. The first-order valence-corrected chi connectivity index (χ1v) is 4.81. The molecule has 1 fully saturated rings. The highest BCUT2D eigenvalue weighted by Crippen LogP contribution is 2.05. The third-order valence-corrected chi connectivity index (χ3v) is 1.91. The summed E-state index contributed by atoms with van der Waals surface area (Å²) in [6.45, 7) is 3.72. The summed E-state index contributed by atoms with van der Waals surface area (Å²) in [5.74, 6) is 0. The van der Waals surface area contributed by atoms with Crippen LogP contribution >= 0.6 is 0 Å². The fourth-order valence-corrected chi connectivity index (χ4v) is 1.19. The van der Waals surface area contributed by atoms with Gasteiger partial charge in [0.05, 0.1) is 13.2 Å². The van der Waals surface area contributed by atoms with Gasteiger partial charge in [0.1, 0.15) is 0 Å². The number of allylic oxidation sites excluding steroid dienone is 2. The Morgan fingerprint density at radius 3 is 2.67 bits per heavy atom. The van der Waals surface area contributed by atoms with Crippen LogP contribution in [0.15, 0.2) is 12.2 Å². The highest BCUT2D eigenvalue weighted by atomic mass is 16.6. The van der Waals surface area contributed by atoms with Gasteiger partial charge in [-0.2, -0.15) is 0 Å². The second kappa shape index (κ2) is 6.26. The molecule has 0 atom stereocenters. The van der Waals surface area contributed by atoms with Crippen molar-refractivity contribution in [3.05, 3.63) is 12.2 Å². The predicted octanol–water partition coefficient (Wildman–Crippen LogP) is 2.27. The Hall–Kier alpha value is -0.275. The van der Waals surface area contributed by atoms with Crippen molar-refractivity contribution in [1.82, 2.24) is 0 Å². The zero-order valence-electron chi connectivity index (χ0n) is 7.79. The minimum atomic E-state index is 0.0304. The molecule has 1 rings (SSSR count). The molecule has 0 saturated carbocycles. The molecule has 68 valence electrons. The van der Waals surface area contributed by atoms with Gasteiger partial charge in [-0.3, -0.25) is 0 Å². The molecular formula is C9H17BO2. The van der Waals surface area contributed by atoms with E-state index in [1.165, 1.54) is 19.3 Å². The second-order valence-electron chi connectivity index (χ2n) is 3.02. The van der Waals surface area contributed by atoms with Gasteiger partial charge in [0.15, 0.2) is 0 Å². The zero-order chi connectivity index (χ0) is 8.65. The molecular weight excluding hydrogens is 151 g/mol. The molecule has 0 spiro atoms. The van der Waals surface area contributed by atoms with Gasteiger partial charge in [0.2, 0.25) is 0 Å². The SMILES string of the molecule is CCCC/C=C/CB1OCCO1. The van der Waals surface area contributed by atoms with Gasteiger partial charge in [-0.25, -0.2) is 0 Å². The molecule has 1 saturated heterocycles. The van der Waals surface area contributed by atoms with E-state index in [1.807, 2.05) is 0 Å². The van der Waals surface area contributed by atoms with Crippen LogP contribution in [-0.2, 0) is 9.31 Å². The van der Waals surface area contributed by atoms with E-state index in [0.717, 1.165) is 19.5 Å². The molecule has 2 nitrogen and oxygen atoms in total. The molecule has 1 aliphatic heterocycles. The molecule has 0 radical (unpaired) electrons. The topological polar surface area (TPSA) is 18.5 Å². The summed E-state index contributed by atoms with van der Waals surface area (Å²) in [4.78, 5) is 0. The van der Waals surface area contributed by atoms with Crippen LogP contribution in [0.2, 0.25) is 6.32 Å². The lowest BCUT2D eigenvalue weighted by molar-refractivity contribution is 0.365. The third-order valence-electron chi connectivity index (χ3n) is 1.91. The van der Waals surface area contributed by atoms with Crippen molar-refractivity contribution in [1.29, 1.82) is 0 Å². The van der Waals surface area contributed by atoms with Crippen molar-refractivity contribution >= 4 is 7.12 Å². The Morgan fingerprint density at radius 1 is 1.25 bits per heavy atom. The minimum Gasteiger partial charge on any atom is -0.409 e. The Kier molecular flexibility index (Phi) is 5.12. The smallest absolute Gasteiger partial charge is 0.409 e. The first-order chi connectivity index (χ1) is 5.93. The van der Waals surface area contributed by atoms with Gasteiger partial charge in [-0.05, 0) is 6.42 Å². The number of rotatable bonds is 5. The summed E-state index contributed by atoms with van der Waals surface area (Å²) in [6, 6.07) is 0. The van der Waals surface area contributed by atoms with E-state index >= 15 is 0 Å². The Labute approximate surface area is 75.1 Å². The average Bonchev–Trinajstić information content (AvgIpc) is 2.57. The maximum Gasteiger partial charge on any atom is 0.461 e. The van der Waals surface area contributed by atoms with E-state index in [-0.39, 0.29) is 7.12 Å². The molecule has 0 aromatic carbocycles. The molecule has 0 unspecified atom stereocenters. The van der Waals surface area contributed by atoms with Gasteiger partial charge in [0, 0.05) is 6.32 Å². The van der Waals surface area contributed by atoms with Crippen molar-refractivity contribution < 1.29 is 9.31 Å². The highest BCUT2D eigenvalue weighted by Gasteiger charge is 2.20. The summed E-state index contributed by atoms with van der Waals surface area (Å²) in [5, 5.41) is 0. The van der Waals surface area contributed by atoms with Crippen molar-refractivity contribution in [2.45, 2.75) is 32.5 Å². The first-order valence-electron chi connectivity index (χ1n) is 4.81. The summed E-state index contributed by atoms with van der Waals surface area (Å²) >= 11 is 0. The number of hydrogen-bond acceptors (Lipinski definition) is 2. The third kappa shape index (κ3) is 3.93. The predicted molar refractivity (Wildman–Crippen MR) is 51.1 cm³/mol. The van der Waals surface area contributed by atoms with E-state index in [4.69, 9.17) is 9.31 Å². The quantitative estimate of drug-likeness (QED) is 0.356. The second-order valence-corrected chi connectivity index (χ2v) is 3.02. The van der Waals surface area contributed by atoms with E-state index in [1.54, 1.807) is 0 Å². The van der Waals surface area contributed by atoms with E-state index in [2.05, 4.69) is 19.1 Å². The van der Waals surface area contributed by atoms with Crippen LogP contribution in [0.1, 0.15) is 26.2 Å². The van der Waals surface area contributed by atoms with Crippen molar-refractivity contribution in [3.8, 4) is 0 Å². The maximum atomic E-state index is 5.29. The molecule has 12 heavy (non-hydrogen) atoms. The molecule has 0 aromatic rings. The van der Waals surface area contributed by atoms with Crippen LogP contribution in [0.5, 0.6) is 0 Å². The van der Waals surface area contributed by atoms with Gasteiger partial charge in [-0.15, -0.1) is 0 Å². The lowest BCUT2D eigenvalue weighted by atomic mass is 9.85. The zero-order valence-corrected chi connectivity index (χ0v) is 7.79. The molecule has 0 N–H and O–H groups in total. The molecule has 1 aliphatic rings. The van der Waals surface area contributed by atoms with Crippen LogP contribution in [0.3, 0.4) is 0 Å². The van der Waals surface area contributed by atoms with Crippen molar-refractivity contribution in [2.75, 3.05) is 13.2 Å². The standard InChI is InChI=1S/C9H17BO2/c1-2-3-4-5-6-7-10-11-8-9-12-10/h5-6H,2-4,7-9H2,1H3/b6-5+. The van der Waals surface area contributed by atoms with Gasteiger partial charge in [-0.1, -0.05) is 31.9 Å². The van der Waals surface area contributed by atoms with Crippen molar-refractivity contribution in [3.63, 3.8) is 0 Å². The van der Waals surface area contributed by atoms with Crippen LogP contribution in [-0.4, -0.2) is 20.3 Å². The van der Waals surface area contributed by atoms with E-state index in [9.17, 15) is 0 Å². The fraction of sp³-hybridized carbons (Fsp3) is 0.778. The lowest BCUT2D eigenvalue weighted by Crippen LogP contribution is -2.11. The van der Waals surface area contributed by atoms with E-state index in [0.29, 0.717) is 0 Å². The summed E-state index contributed by atoms with van der Waals surface area (Å²) in [7, 11) is 0.0304. The molecule has 3 heteroatoms. The van der Waals surface area contributed by atoms with Crippen LogP contribution in [0, 0.1) is 0 Å². The Balaban J connectivity index is 1.96. The molecule has 0 amide bonds. The molecule has 0 aromatic heterocycles. The number of unbranched alkanes of at least 4 members (excludes halogenated alkanes) is 2. The number of hydrogen-bond donors (Lipinski definition) is 0. The van der Waals surface area contributed by atoms with Crippen molar-refractivity contribution in [2.24, 2.45) is 0 Å². The largest absolute Gasteiger partial charge is 0.461 e. The molecule has 0 bridgehead atoms. The normalized spacial score (nSPS) is 17.9. The van der Waals surface area contributed by atoms with Crippen LogP contribution in [0.4, 0.5) is 0 Å². The van der Waals surface area contributed by atoms with Crippen LogP contribution < -0.4 is 0 Å². The fourth-order valence-electron chi connectivity index (χ4n) is 1.19. The Bertz CT molecular complexity index is 130. The lowest BCUT2D eigenvalue weighted by Gasteiger charge is -1.97. The molecule has 1 heterocycles. The monoisotopic (exact) mass is 168 g/mol.